The number of likely N-dealkylation sites (tertiary alicyclic amines) is 1. The lowest BCUT2D eigenvalue weighted by Gasteiger charge is -2.42. The summed E-state index contributed by atoms with van der Waals surface area (Å²) in [6.45, 7) is 4.74. The molecule has 3 heteroatoms. The molecule has 0 radical (unpaired) electrons. The highest BCUT2D eigenvalue weighted by molar-refractivity contribution is 4.84. The number of piperidine rings is 2. The second-order valence-corrected chi connectivity index (χ2v) is 4.35. The molecule has 0 aromatic rings. The van der Waals surface area contributed by atoms with Gasteiger partial charge in [-0.2, -0.15) is 0 Å². The van der Waals surface area contributed by atoms with E-state index in [0.717, 1.165) is 24.9 Å². The maximum absolute atomic E-state index is 5.80. The van der Waals surface area contributed by atoms with Gasteiger partial charge in [0.2, 0.25) is 0 Å². The Labute approximate surface area is 74.5 Å². The summed E-state index contributed by atoms with van der Waals surface area (Å²) >= 11 is 0. The molecule has 2 atom stereocenters. The molecule has 2 N–H and O–H groups in total. The Hall–Kier alpha value is -0.120. The van der Waals surface area contributed by atoms with Gasteiger partial charge in [0.15, 0.2) is 0 Å². The van der Waals surface area contributed by atoms with Crippen LogP contribution in [0.1, 0.15) is 12.8 Å². The van der Waals surface area contributed by atoms with Crippen molar-refractivity contribution >= 4 is 0 Å². The van der Waals surface area contributed by atoms with E-state index in [-0.39, 0.29) is 0 Å². The van der Waals surface area contributed by atoms with E-state index in [1.54, 1.807) is 0 Å². The Morgan fingerprint density at radius 2 is 1.83 bits per heavy atom. The number of nitrogens with two attached hydrogens (primary N) is 1. The molecule has 0 aromatic carbocycles. The van der Waals surface area contributed by atoms with Crippen molar-refractivity contribution in [2.24, 2.45) is 17.7 Å². The van der Waals surface area contributed by atoms with E-state index in [9.17, 15) is 0 Å². The molecule has 2 aliphatic heterocycles. The zero-order chi connectivity index (χ0) is 8.55. The third kappa shape index (κ3) is 1.63. The molecule has 2 unspecified atom stereocenters. The van der Waals surface area contributed by atoms with E-state index in [0.29, 0.717) is 0 Å². The molecule has 0 saturated carbocycles. The summed E-state index contributed by atoms with van der Waals surface area (Å²) < 4.78 is 0. The molecule has 0 spiro atoms. The number of hydrogen-bond donors (Lipinski definition) is 1. The molecule has 2 fully saturated rings. The van der Waals surface area contributed by atoms with Crippen molar-refractivity contribution in [3.8, 4) is 0 Å². The van der Waals surface area contributed by atoms with Crippen molar-refractivity contribution in [3.05, 3.63) is 0 Å². The molecule has 0 bridgehead atoms. The lowest BCUT2D eigenvalue weighted by atomic mass is 9.81. The topological polar surface area (TPSA) is 32.5 Å². The Balaban J connectivity index is 1.94. The van der Waals surface area contributed by atoms with Crippen LogP contribution in [0.15, 0.2) is 0 Å². The average Bonchev–Trinajstić information content (AvgIpc) is 2.03. The fourth-order valence-electron chi connectivity index (χ4n) is 2.57. The number of hydrazine groups is 1. The van der Waals surface area contributed by atoms with Crippen LogP contribution >= 0.6 is 0 Å². The summed E-state index contributed by atoms with van der Waals surface area (Å²) in [7, 11) is 2.21. The van der Waals surface area contributed by atoms with E-state index in [1.807, 2.05) is 5.01 Å². The van der Waals surface area contributed by atoms with Crippen LogP contribution in [0, 0.1) is 11.8 Å². The van der Waals surface area contributed by atoms with Crippen LogP contribution in [-0.2, 0) is 0 Å². The van der Waals surface area contributed by atoms with Gasteiger partial charge in [-0.05, 0) is 38.3 Å². The van der Waals surface area contributed by atoms with Gasteiger partial charge in [-0.1, -0.05) is 0 Å². The van der Waals surface area contributed by atoms with Crippen LogP contribution in [0.3, 0.4) is 0 Å². The minimum absolute atomic E-state index is 0.836. The van der Waals surface area contributed by atoms with Gasteiger partial charge in [-0.15, -0.1) is 0 Å². The second kappa shape index (κ2) is 3.32. The van der Waals surface area contributed by atoms with Crippen molar-refractivity contribution in [3.63, 3.8) is 0 Å². The molecule has 70 valence electrons. The molecule has 0 aliphatic carbocycles. The van der Waals surface area contributed by atoms with Crippen LogP contribution in [-0.4, -0.2) is 43.1 Å². The maximum atomic E-state index is 5.80. The van der Waals surface area contributed by atoms with Gasteiger partial charge in [-0.3, -0.25) is 5.84 Å². The second-order valence-electron chi connectivity index (χ2n) is 4.35. The van der Waals surface area contributed by atoms with Gasteiger partial charge >= 0.3 is 0 Å². The summed E-state index contributed by atoms with van der Waals surface area (Å²) in [5, 5.41) is 1.99. The first-order chi connectivity index (χ1) is 5.75. The first kappa shape index (κ1) is 8.48. The minimum atomic E-state index is 0.836. The van der Waals surface area contributed by atoms with Crippen molar-refractivity contribution in [2.75, 3.05) is 33.2 Å². The summed E-state index contributed by atoms with van der Waals surface area (Å²) in [5.74, 6) is 7.60. The smallest absolute Gasteiger partial charge is 0.0171 e. The van der Waals surface area contributed by atoms with Crippen LogP contribution in [0.4, 0.5) is 0 Å². The van der Waals surface area contributed by atoms with Gasteiger partial charge in [0.25, 0.3) is 0 Å². The van der Waals surface area contributed by atoms with Crippen LogP contribution in [0.2, 0.25) is 0 Å². The first-order valence-electron chi connectivity index (χ1n) is 4.94. The highest BCUT2D eigenvalue weighted by Gasteiger charge is 2.31. The quantitative estimate of drug-likeness (QED) is 0.523. The number of hydrogen-bond acceptors (Lipinski definition) is 3. The predicted octanol–water partition coefficient (Wildman–Crippen LogP) is 0.134. The van der Waals surface area contributed by atoms with E-state index in [2.05, 4.69) is 11.9 Å². The molecule has 2 rings (SSSR count). The first-order valence-corrected chi connectivity index (χ1v) is 4.94. The van der Waals surface area contributed by atoms with Crippen LogP contribution in [0.25, 0.3) is 0 Å². The van der Waals surface area contributed by atoms with Crippen molar-refractivity contribution in [2.45, 2.75) is 12.8 Å². The van der Waals surface area contributed by atoms with Gasteiger partial charge < -0.3 is 4.90 Å². The fraction of sp³-hybridized carbons (Fsp3) is 1.00. The monoisotopic (exact) mass is 169 g/mol. The molecule has 0 amide bonds. The molecule has 0 aromatic heterocycles. The summed E-state index contributed by atoms with van der Waals surface area (Å²) in [5.41, 5.74) is 0. The number of rotatable bonds is 0. The highest BCUT2D eigenvalue weighted by Crippen LogP contribution is 2.29. The SMILES string of the molecule is CN1CCC2CCN(N)CC2C1. The zero-order valence-corrected chi connectivity index (χ0v) is 7.87. The maximum Gasteiger partial charge on any atom is 0.0171 e. The number of fused-ring (bicyclic) bond motifs is 1. The molecule has 2 heterocycles. The lowest BCUT2D eigenvalue weighted by Crippen LogP contribution is -2.50. The summed E-state index contributed by atoms with van der Waals surface area (Å²) in [6, 6.07) is 0. The highest BCUT2D eigenvalue weighted by atomic mass is 15.4. The van der Waals surface area contributed by atoms with Crippen molar-refractivity contribution in [1.29, 1.82) is 0 Å². The van der Waals surface area contributed by atoms with E-state index < -0.39 is 0 Å². The Bertz CT molecular complexity index is 144. The van der Waals surface area contributed by atoms with Gasteiger partial charge in [-0.25, -0.2) is 5.01 Å². The lowest BCUT2D eigenvalue weighted by molar-refractivity contribution is 0.0525. The largest absolute Gasteiger partial charge is 0.306 e. The van der Waals surface area contributed by atoms with Gasteiger partial charge in [0, 0.05) is 19.6 Å². The minimum Gasteiger partial charge on any atom is -0.306 e. The third-order valence-electron chi connectivity index (χ3n) is 3.35. The standard InChI is InChI=1S/C9H19N3/c1-11-4-2-8-3-5-12(10)7-9(8)6-11/h8-9H,2-7,10H2,1H3. The predicted molar refractivity (Wildman–Crippen MR) is 49.5 cm³/mol. The zero-order valence-electron chi connectivity index (χ0n) is 7.87. The van der Waals surface area contributed by atoms with Crippen LogP contribution in [0.5, 0.6) is 0 Å². The van der Waals surface area contributed by atoms with Crippen LogP contribution < -0.4 is 5.84 Å². The van der Waals surface area contributed by atoms with E-state index in [4.69, 9.17) is 5.84 Å². The van der Waals surface area contributed by atoms with Gasteiger partial charge in [0.05, 0.1) is 0 Å². The normalized spacial score (nSPS) is 39.5. The van der Waals surface area contributed by atoms with E-state index >= 15 is 0 Å². The summed E-state index contributed by atoms with van der Waals surface area (Å²) in [4.78, 5) is 2.43. The van der Waals surface area contributed by atoms with Crippen molar-refractivity contribution in [1.82, 2.24) is 9.91 Å². The Morgan fingerprint density at radius 1 is 1.08 bits per heavy atom. The molecule has 12 heavy (non-hydrogen) atoms. The Morgan fingerprint density at radius 3 is 2.67 bits per heavy atom. The molecule has 2 saturated heterocycles. The third-order valence-corrected chi connectivity index (χ3v) is 3.35. The average molecular weight is 169 g/mol. The fourth-order valence-corrected chi connectivity index (χ4v) is 2.57. The van der Waals surface area contributed by atoms with Gasteiger partial charge in [0.1, 0.15) is 0 Å². The van der Waals surface area contributed by atoms with Crippen molar-refractivity contribution < 1.29 is 0 Å². The molecule has 2 aliphatic rings. The Kier molecular flexibility index (Phi) is 2.35. The molecular weight excluding hydrogens is 150 g/mol. The molecular formula is C9H19N3. The molecule has 3 nitrogen and oxygen atoms in total. The van der Waals surface area contributed by atoms with E-state index in [1.165, 1.54) is 25.9 Å². The summed E-state index contributed by atoms with van der Waals surface area (Å²) in [6.07, 6.45) is 2.70. The number of nitrogens with zero attached hydrogens (tertiary/aromatic N) is 2.